The Hall–Kier alpha value is -1.79. The second kappa shape index (κ2) is 12.0. The van der Waals surface area contributed by atoms with Crippen LogP contribution in [0.15, 0.2) is 0 Å². The molecule has 0 bridgehead atoms. The van der Waals surface area contributed by atoms with Crippen molar-refractivity contribution in [3.05, 3.63) is 0 Å². The van der Waals surface area contributed by atoms with E-state index in [1.54, 1.807) is 34.6 Å². The third-order valence-corrected chi connectivity index (χ3v) is 5.14. The number of alkyl carbamates (subject to hydrolysis) is 1. The molecule has 29 heavy (non-hydrogen) atoms. The molecular formula is C22H39NO6. The fourth-order valence-electron chi connectivity index (χ4n) is 3.87. The average Bonchev–Trinajstić information content (AvgIpc) is 2.64. The van der Waals surface area contributed by atoms with Gasteiger partial charge < -0.3 is 19.5 Å². The molecule has 1 rings (SSSR count). The fourth-order valence-corrected chi connectivity index (χ4v) is 3.87. The quantitative estimate of drug-likeness (QED) is 0.247. The second-order valence-corrected chi connectivity index (χ2v) is 8.76. The first-order chi connectivity index (χ1) is 13.6. The summed E-state index contributed by atoms with van der Waals surface area (Å²) in [7, 11) is 0. The van der Waals surface area contributed by atoms with E-state index in [-0.39, 0.29) is 19.6 Å². The van der Waals surface area contributed by atoms with Crippen molar-refractivity contribution >= 4 is 18.0 Å². The predicted octanol–water partition coefficient (Wildman–Crippen LogP) is 4.37. The lowest BCUT2D eigenvalue weighted by Crippen LogP contribution is -2.44. The Morgan fingerprint density at radius 1 is 0.931 bits per heavy atom. The van der Waals surface area contributed by atoms with Gasteiger partial charge in [0.25, 0.3) is 0 Å². The molecule has 0 unspecified atom stereocenters. The van der Waals surface area contributed by atoms with Crippen molar-refractivity contribution < 1.29 is 28.6 Å². The summed E-state index contributed by atoms with van der Waals surface area (Å²) in [6.45, 7) is 9.58. The number of amides is 1. The summed E-state index contributed by atoms with van der Waals surface area (Å²) in [5.74, 6) is -0.723. The van der Waals surface area contributed by atoms with Crippen LogP contribution < -0.4 is 5.32 Å². The maximum absolute atomic E-state index is 12.9. The Morgan fingerprint density at radius 3 is 1.97 bits per heavy atom. The number of esters is 2. The third-order valence-electron chi connectivity index (χ3n) is 5.14. The first-order valence-corrected chi connectivity index (χ1v) is 11.0. The van der Waals surface area contributed by atoms with Gasteiger partial charge in [0, 0.05) is 6.54 Å². The molecular weight excluding hydrogens is 374 g/mol. The van der Waals surface area contributed by atoms with Crippen LogP contribution in [0.25, 0.3) is 0 Å². The highest BCUT2D eigenvalue weighted by Crippen LogP contribution is 2.40. The van der Waals surface area contributed by atoms with Crippen LogP contribution in [-0.4, -0.2) is 43.4 Å². The maximum atomic E-state index is 12.9. The second-order valence-electron chi connectivity index (χ2n) is 8.76. The molecule has 0 radical (unpaired) electrons. The molecule has 0 aliphatic heterocycles. The van der Waals surface area contributed by atoms with Crippen LogP contribution in [0.2, 0.25) is 0 Å². The molecule has 1 aliphatic carbocycles. The van der Waals surface area contributed by atoms with Gasteiger partial charge in [-0.05, 0) is 59.8 Å². The van der Waals surface area contributed by atoms with E-state index in [1.807, 2.05) is 0 Å². The molecule has 1 amide bonds. The molecule has 1 fully saturated rings. The molecule has 0 aromatic carbocycles. The summed E-state index contributed by atoms with van der Waals surface area (Å²) in [6.07, 6.45) is 6.11. The number of nitrogens with one attached hydrogen (secondary N) is 1. The number of carbonyl (C=O) groups excluding carboxylic acids is 3. The van der Waals surface area contributed by atoms with Gasteiger partial charge in [-0.1, -0.05) is 32.1 Å². The molecule has 0 atom stereocenters. The summed E-state index contributed by atoms with van der Waals surface area (Å²) in [4.78, 5) is 37.7. The molecule has 7 heteroatoms. The zero-order chi connectivity index (χ0) is 21.9. The van der Waals surface area contributed by atoms with Crippen LogP contribution in [-0.2, 0) is 23.8 Å². The predicted molar refractivity (Wildman–Crippen MR) is 110 cm³/mol. The van der Waals surface area contributed by atoms with Crippen molar-refractivity contribution in [3.63, 3.8) is 0 Å². The number of hydrogen-bond donors (Lipinski definition) is 1. The summed E-state index contributed by atoms with van der Waals surface area (Å²) in [5.41, 5.74) is -1.89. The van der Waals surface area contributed by atoms with E-state index in [0.29, 0.717) is 25.3 Å². The monoisotopic (exact) mass is 413 g/mol. The lowest BCUT2D eigenvalue weighted by atomic mass is 9.71. The van der Waals surface area contributed by atoms with Crippen LogP contribution in [0, 0.1) is 11.3 Å². The normalized spacial score (nSPS) is 15.5. The van der Waals surface area contributed by atoms with Gasteiger partial charge in [-0.2, -0.15) is 0 Å². The largest absolute Gasteiger partial charge is 0.465 e. The molecule has 0 aromatic heterocycles. The first kappa shape index (κ1) is 25.2. The van der Waals surface area contributed by atoms with E-state index < -0.39 is 29.0 Å². The highest BCUT2D eigenvalue weighted by molar-refractivity contribution is 6.00. The van der Waals surface area contributed by atoms with Crippen molar-refractivity contribution in [1.29, 1.82) is 0 Å². The molecule has 0 saturated heterocycles. The van der Waals surface area contributed by atoms with E-state index in [4.69, 9.17) is 14.2 Å². The van der Waals surface area contributed by atoms with Gasteiger partial charge in [0.2, 0.25) is 0 Å². The summed E-state index contributed by atoms with van der Waals surface area (Å²) in [5, 5.41) is 2.69. The zero-order valence-corrected chi connectivity index (χ0v) is 18.8. The van der Waals surface area contributed by atoms with Gasteiger partial charge in [-0.3, -0.25) is 9.59 Å². The van der Waals surface area contributed by atoms with Crippen LogP contribution in [0.1, 0.15) is 86.0 Å². The summed E-state index contributed by atoms with van der Waals surface area (Å²) < 4.78 is 15.8. The Labute approximate surface area is 175 Å². The van der Waals surface area contributed by atoms with Crippen LogP contribution in [0.4, 0.5) is 4.79 Å². The SMILES string of the molecule is CCOC(=O)C(CCCNC(=O)OC(C)(C)C)(CC1CCCCC1)C(=O)OCC. The molecule has 168 valence electrons. The lowest BCUT2D eigenvalue weighted by Gasteiger charge is -2.34. The van der Waals surface area contributed by atoms with Gasteiger partial charge in [-0.15, -0.1) is 0 Å². The van der Waals surface area contributed by atoms with E-state index in [2.05, 4.69) is 5.32 Å². The third kappa shape index (κ3) is 8.62. The average molecular weight is 414 g/mol. The molecule has 0 aromatic rings. The molecule has 0 spiro atoms. The van der Waals surface area contributed by atoms with Gasteiger partial charge >= 0.3 is 18.0 Å². The zero-order valence-electron chi connectivity index (χ0n) is 18.8. The molecule has 7 nitrogen and oxygen atoms in total. The van der Waals surface area contributed by atoms with Crippen molar-refractivity contribution in [3.8, 4) is 0 Å². The number of hydrogen-bond acceptors (Lipinski definition) is 6. The van der Waals surface area contributed by atoms with Gasteiger partial charge in [-0.25, -0.2) is 4.79 Å². The molecule has 1 saturated carbocycles. The molecule has 0 heterocycles. The minimum absolute atomic E-state index is 0.209. The number of ether oxygens (including phenoxy) is 3. The highest BCUT2D eigenvalue weighted by atomic mass is 16.6. The van der Waals surface area contributed by atoms with Crippen LogP contribution >= 0.6 is 0 Å². The Morgan fingerprint density at radius 2 is 1.48 bits per heavy atom. The molecule has 1 N–H and O–H groups in total. The van der Waals surface area contributed by atoms with Gasteiger partial charge in [0.15, 0.2) is 5.41 Å². The van der Waals surface area contributed by atoms with Crippen molar-refractivity contribution in [2.24, 2.45) is 11.3 Å². The Balaban J connectivity index is 2.86. The van der Waals surface area contributed by atoms with E-state index in [1.165, 1.54) is 6.42 Å². The highest BCUT2D eigenvalue weighted by Gasteiger charge is 2.49. The lowest BCUT2D eigenvalue weighted by molar-refractivity contribution is -0.174. The summed E-state index contributed by atoms with van der Waals surface area (Å²) in [6, 6.07) is 0. The summed E-state index contributed by atoms with van der Waals surface area (Å²) >= 11 is 0. The van der Waals surface area contributed by atoms with Crippen molar-refractivity contribution in [1.82, 2.24) is 5.32 Å². The fraction of sp³-hybridized carbons (Fsp3) is 0.864. The van der Waals surface area contributed by atoms with E-state index >= 15 is 0 Å². The smallest absolute Gasteiger partial charge is 0.407 e. The maximum Gasteiger partial charge on any atom is 0.407 e. The van der Waals surface area contributed by atoms with E-state index in [0.717, 1.165) is 25.7 Å². The minimum atomic E-state index is -1.32. The Kier molecular flexibility index (Phi) is 10.5. The number of rotatable bonds is 10. The Bertz CT molecular complexity index is 516. The number of carbonyl (C=O) groups is 3. The molecule has 1 aliphatic rings. The van der Waals surface area contributed by atoms with Crippen molar-refractivity contribution in [2.45, 2.75) is 91.6 Å². The van der Waals surface area contributed by atoms with Gasteiger partial charge in [0.05, 0.1) is 13.2 Å². The topological polar surface area (TPSA) is 90.9 Å². The van der Waals surface area contributed by atoms with Crippen molar-refractivity contribution in [2.75, 3.05) is 19.8 Å². The van der Waals surface area contributed by atoms with Crippen LogP contribution in [0.3, 0.4) is 0 Å². The first-order valence-electron chi connectivity index (χ1n) is 11.0. The standard InChI is InChI=1S/C22H39NO6/c1-6-27-18(24)22(19(25)28-7-2,16-17-12-9-8-10-13-17)14-11-15-23-20(26)29-21(3,4)5/h17H,6-16H2,1-5H3,(H,23,26). The van der Waals surface area contributed by atoms with E-state index in [9.17, 15) is 14.4 Å². The minimum Gasteiger partial charge on any atom is -0.465 e. The van der Waals surface area contributed by atoms with Gasteiger partial charge in [0.1, 0.15) is 5.60 Å². The van der Waals surface area contributed by atoms with Crippen LogP contribution in [0.5, 0.6) is 0 Å².